The molecule has 0 unspecified atom stereocenters. The highest BCUT2D eigenvalue weighted by atomic mass is 17.3. The van der Waals surface area contributed by atoms with Crippen molar-refractivity contribution >= 4 is 0 Å². The molecule has 0 aromatic heterocycles. The van der Waals surface area contributed by atoms with Gasteiger partial charge in [0.25, 0.3) is 0 Å². The van der Waals surface area contributed by atoms with Crippen LogP contribution in [0.3, 0.4) is 0 Å². The predicted octanol–water partition coefficient (Wildman–Crippen LogP) is -0.896. The van der Waals surface area contributed by atoms with Crippen molar-refractivity contribution in [2.24, 2.45) is 0 Å². The third-order valence-electron chi connectivity index (χ3n) is 1.87. The maximum Gasteiger partial charge on any atom is 0.144 e. The lowest BCUT2D eigenvalue weighted by molar-refractivity contribution is -1.54. The summed E-state index contributed by atoms with van der Waals surface area (Å²) < 4.78 is 0. The molecular weight excluding hydrogens is 288 g/mol. The zero-order valence-corrected chi connectivity index (χ0v) is 14.1. The van der Waals surface area contributed by atoms with Crippen molar-refractivity contribution in [2.75, 3.05) is 63.4 Å². The van der Waals surface area contributed by atoms with Gasteiger partial charge in [-0.3, -0.25) is 0 Å². The Bertz CT molecular complexity index is 324. The highest BCUT2D eigenvalue weighted by Crippen LogP contribution is 2.18. The van der Waals surface area contributed by atoms with Gasteiger partial charge in [0, 0.05) is 41.2 Å². The van der Waals surface area contributed by atoms with Gasteiger partial charge in [-0.05, 0) is 15.1 Å². The highest BCUT2D eigenvalue weighted by molar-refractivity contribution is 3.95. The molecule has 0 spiro atoms. The van der Waals surface area contributed by atoms with Crippen molar-refractivity contribution in [3.63, 3.8) is 0 Å². The molecule has 1 fully saturated rings. The maximum atomic E-state index is 5.71. The van der Waals surface area contributed by atoms with E-state index in [9.17, 15) is 0 Å². The van der Waals surface area contributed by atoms with Crippen LogP contribution >= 0.6 is 0 Å². The molecule has 1 saturated heterocycles. The maximum absolute atomic E-state index is 5.71. The van der Waals surface area contributed by atoms with E-state index in [0.717, 1.165) is 15.7 Å². The second-order valence-corrected chi connectivity index (χ2v) is 5.57. The molecule has 21 heavy (non-hydrogen) atoms. The Balaban J connectivity index is 2.94. The molecule has 1 aliphatic rings. The summed E-state index contributed by atoms with van der Waals surface area (Å²) in [6.45, 7) is 0. The number of hydrogen-bond acceptors (Lipinski definition) is 9. The topological polar surface area (TPSA) is 65.1 Å². The molecule has 1 aliphatic heterocycles. The van der Waals surface area contributed by atoms with Crippen LogP contribution in [0.15, 0.2) is 0 Å². The van der Waals surface area contributed by atoms with Crippen LogP contribution in [0.5, 0.6) is 0 Å². The van der Waals surface area contributed by atoms with E-state index in [0.29, 0.717) is 0 Å². The Kier molecular flexibility index (Phi) is 5.60. The molecule has 12 nitrogen and oxygen atoms in total. The van der Waals surface area contributed by atoms with Gasteiger partial charge in [-0.25, -0.2) is 0 Å². The van der Waals surface area contributed by atoms with Crippen LogP contribution in [-0.2, 0) is 29.6 Å². The van der Waals surface area contributed by atoms with Gasteiger partial charge in [0.05, 0.1) is 14.7 Å². The Hall–Kier alpha value is -0.480. The summed E-state index contributed by atoms with van der Waals surface area (Å²) in [7, 11) is 14.6. The highest BCUT2D eigenvalue weighted by Gasteiger charge is 2.45. The Labute approximate surface area is 124 Å². The summed E-state index contributed by atoms with van der Waals surface area (Å²) >= 11 is 0. The first kappa shape index (κ1) is 18.6. The van der Waals surface area contributed by atoms with E-state index in [4.69, 9.17) is 29.6 Å². The quantitative estimate of drug-likeness (QED) is 0.529. The van der Waals surface area contributed by atoms with Crippen molar-refractivity contribution in [3.8, 4) is 0 Å². The van der Waals surface area contributed by atoms with Crippen LogP contribution in [0.2, 0.25) is 0 Å². The van der Waals surface area contributed by atoms with Crippen LogP contribution < -0.4 is 0 Å². The molecule has 0 aromatic carbocycles. The van der Waals surface area contributed by atoms with Crippen molar-refractivity contribution in [3.05, 3.63) is 0 Å². The second kappa shape index (κ2) is 6.33. The lowest BCUT2D eigenvalue weighted by Gasteiger charge is -2.35. The molecule has 0 aromatic rings. The van der Waals surface area contributed by atoms with Gasteiger partial charge < -0.3 is 0 Å². The Morgan fingerprint density at radius 1 is 0.524 bits per heavy atom. The van der Waals surface area contributed by atoms with Crippen molar-refractivity contribution in [1.29, 1.82) is 0 Å². The molecule has 12 heteroatoms. The van der Waals surface area contributed by atoms with Crippen molar-refractivity contribution in [1.82, 2.24) is 15.7 Å². The van der Waals surface area contributed by atoms with Crippen molar-refractivity contribution in [2.45, 2.75) is 0 Å². The first-order valence-corrected chi connectivity index (χ1v) is 6.22. The van der Waals surface area contributed by atoms with Gasteiger partial charge in [-0.1, -0.05) is 0 Å². The fourth-order valence-electron chi connectivity index (χ4n) is 1.91. The predicted molar refractivity (Wildman–Crippen MR) is 66.1 cm³/mol. The lowest BCUT2D eigenvalue weighted by Crippen LogP contribution is -2.61. The minimum Gasteiger partial charge on any atom is -0.150 e. The fraction of sp³-hybridized carbons (Fsp3) is 1.00. The average Bonchev–Trinajstić information content (AvgIpc) is 2.06. The Morgan fingerprint density at radius 3 is 1.19 bits per heavy atom. The van der Waals surface area contributed by atoms with Crippen LogP contribution in [-0.4, -0.2) is 93.5 Å². The average molecular weight is 315 g/mol. The molecule has 0 atom stereocenters. The molecule has 0 N–H and O–H groups in total. The zero-order valence-electron chi connectivity index (χ0n) is 14.1. The normalized spacial score (nSPS) is 29.6. The van der Waals surface area contributed by atoms with E-state index in [1.165, 1.54) is 21.1 Å². The molecule has 0 bridgehead atoms. The van der Waals surface area contributed by atoms with Crippen LogP contribution in [0, 0.1) is 0 Å². The largest absolute Gasteiger partial charge is 0.150 e. The van der Waals surface area contributed by atoms with Gasteiger partial charge >= 0.3 is 0 Å². The van der Waals surface area contributed by atoms with Crippen LogP contribution in [0.25, 0.3) is 0 Å². The summed E-state index contributed by atoms with van der Waals surface area (Å²) in [4.78, 5) is 31.8. The number of quaternary nitrogens is 3. The van der Waals surface area contributed by atoms with Gasteiger partial charge in [-0.2, -0.15) is 9.88 Å². The molecule has 0 saturated carbocycles. The van der Waals surface area contributed by atoms with E-state index < -0.39 is 0 Å². The summed E-state index contributed by atoms with van der Waals surface area (Å²) in [5, 5.41) is 3.16. The molecule has 126 valence electrons. The van der Waals surface area contributed by atoms with Gasteiger partial charge in [0.15, 0.2) is 0 Å². The molecule has 0 aliphatic carbocycles. The third-order valence-corrected chi connectivity index (χ3v) is 1.87. The summed E-state index contributed by atoms with van der Waals surface area (Å²) in [5.74, 6) is 0. The van der Waals surface area contributed by atoms with E-state index in [2.05, 4.69) is 0 Å². The SMILES string of the molecule is CN1ON(C)O[N+](C)(C)O[N+](C)(C)O[N+](C)(C)ON(C)O1. The summed E-state index contributed by atoms with van der Waals surface area (Å²) in [5.41, 5.74) is 0. The molecule has 1 heterocycles. The van der Waals surface area contributed by atoms with Crippen LogP contribution in [0.4, 0.5) is 0 Å². The van der Waals surface area contributed by atoms with Crippen LogP contribution in [0.1, 0.15) is 0 Å². The molecule has 1 rings (SSSR count). The second-order valence-electron chi connectivity index (χ2n) is 5.57. The minimum atomic E-state index is -0.340. The zero-order chi connectivity index (χ0) is 16.5. The fourth-order valence-corrected chi connectivity index (χ4v) is 1.91. The lowest BCUT2D eigenvalue weighted by atomic mass is 11.1. The number of nitrogens with zero attached hydrogens (tertiary/aromatic N) is 6. The Morgan fingerprint density at radius 2 is 0.857 bits per heavy atom. The summed E-state index contributed by atoms with van der Waals surface area (Å²) in [6.07, 6.45) is 0. The minimum absolute atomic E-state index is 0.322. The number of hydroxylamine groups is 18. The molecular formula is C9H27N6O6+3. The number of rotatable bonds is 0. The standard InChI is InChI=1S/C9H27N6O6/c1-10-16-11(2)18-13(4,5)20-15(8,9)21-14(6,7)19-12(3)17-10/h1-9H3/q+3. The van der Waals surface area contributed by atoms with E-state index in [-0.39, 0.29) is 14.4 Å². The van der Waals surface area contributed by atoms with Gasteiger partial charge in [0.1, 0.15) is 42.3 Å². The van der Waals surface area contributed by atoms with E-state index in [1.54, 1.807) is 42.3 Å². The summed E-state index contributed by atoms with van der Waals surface area (Å²) in [6, 6.07) is 0. The van der Waals surface area contributed by atoms with Gasteiger partial charge in [-0.15, -0.1) is 0 Å². The van der Waals surface area contributed by atoms with Gasteiger partial charge in [0.2, 0.25) is 0 Å². The third kappa shape index (κ3) is 6.88. The first-order chi connectivity index (χ1) is 9.30. The smallest absolute Gasteiger partial charge is 0.144 e. The van der Waals surface area contributed by atoms with Crippen molar-refractivity contribution < 1.29 is 44.1 Å². The first-order valence-electron chi connectivity index (χ1n) is 6.22. The van der Waals surface area contributed by atoms with E-state index >= 15 is 0 Å². The number of hydrogen-bond donors (Lipinski definition) is 0. The molecule has 0 amide bonds. The molecule has 0 radical (unpaired) electrons. The van der Waals surface area contributed by atoms with E-state index in [1.807, 2.05) is 0 Å². The monoisotopic (exact) mass is 315 g/mol.